The molecule has 27 heavy (non-hydrogen) atoms. The van der Waals surface area contributed by atoms with Gasteiger partial charge in [0.15, 0.2) is 0 Å². The molecule has 1 heterocycles. The molecular formula is C25H24N2. The summed E-state index contributed by atoms with van der Waals surface area (Å²) < 4.78 is 0. The topological polar surface area (TPSA) is 35.8 Å². The quantitative estimate of drug-likeness (QED) is 0.612. The number of benzene rings is 3. The predicted molar refractivity (Wildman–Crippen MR) is 113 cm³/mol. The summed E-state index contributed by atoms with van der Waals surface area (Å²) in [5.41, 5.74) is 6.03. The monoisotopic (exact) mass is 352 g/mol. The Morgan fingerprint density at radius 2 is 1.67 bits per heavy atom. The summed E-state index contributed by atoms with van der Waals surface area (Å²) in [6.07, 6.45) is 5.47. The summed E-state index contributed by atoms with van der Waals surface area (Å²) in [4.78, 5) is 0. The van der Waals surface area contributed by atoms with Crippen molar-refractivity contribution < 1.29 is 0 Å². The highest BCUT2D eigenvalue weighted by atomic mass is 14.9. The Labute approximate surface area is 161 Å². The van der Waals surface area contributed by atoms with E-state index in [9.17, 15) is 0 Å². The second kappa shape index (κ2) is 7.39. The van der Waals surface area contributed by atoms with Gasteiger partial charge < -0.3 is 5.32 Å². The Morgan fingerprint density at radius 3 is 2.44 bits per heavy atom. The fraction of sp³-hybridized carbons (Fsp3) is 0.240. The SMILES string of the molecule is CC(C)C1NCCc2ccc(C=Cc3ccc4cc(C#N)ccc4c3)cc21. The maximum atomic E-state index is 9.03. The van der Waals surface area contributed by atoms with Crippen LogP contribution >= 0.6 is 0 Å². The number of nitrogens with one attached hydrogen (secondary N) is 1. The van der Waals surface area contributed by atoms with Crippen LogP contribution in [0.15, 0.2) is 54.6 Å². The zero-order chi connectivity index (χ0) is 18.8. The van der Waals surface area contributed by atoms with E-state index < -0.39 is 0 Å². The molecule has 2 nitrogen and oxygen atoms in total. The summed E-state index contributed by atoms with van der Waals surface area (Å²) in [5.74, 6) is 0.585. The van der Waals surface area contributed by atoms with Gasteiger partial charge >= 0.3 is 0 Å². The molecule has 4 rings (SSSR count). The van der Waals surface area contributed by atoms with Gasteiger partial charge in [0, 0.05) is 6.04 Å². The third-order valence-electron chi connectivity index (χ3n) is 5.39. The third kappa shape index (κ3) is 3.65. The molecule has 0 saturated carbocycles. The Kier molecular flexibility index (Phi) is 4.79. The van der Waals surface area contributed by atoms with Crippen molar-refractivity contribution in [2.24, 2.45) is 5.92 Å². The molecule has 0 spiro atoms. The molecule has 0 saturated heterocycles. The second-order valence-electron chi connectivity index (χ2n) is 7.65. The van der Waals surface area contributed by atoms with Crippen LogP contribution in [0.5, 0.6) is 0 Å². The maximum Gasteiger partial charge on any atom is 0.0991 e. The average Bonchev–Trinajstić information content (AvgIpc) is 2.71. The van der Waals surface area contributed by atoms with Crippen LogP contribution < -0.4 is 5.32 Å². The molecule has 0 fully saturated rings. The second-order valence-corrected chi connectivity index (χ2v) is 7.65. The van der Waals surface area contributed by atoms with Crippen molar-refractivity contribution >= 4 is 22.9 Å². The van der Waals surface area contributed by atoms with Crippen LogP contribution in [0.3, 0.4) is 0 Å². The number of rotatable bonds is 3. The largest absolute Gasteiger partial charge is 0.309 e. The van der Waals surface area contributed by atoms with E-state index in [1.165, 1.54) is 22.3 Å². The molecule has 134 valence electrons. The minimum Gasteiger partial charge on any atom is -0.309 e. The lowest BCUT2D eigenvalue weighted by molar-refractivity contribution is 0.395. The van der Waals surface area contributed by atoms with Gasteiger partial charge in [0.2, 0.25) is 0 Å². The fourth-order valence-corrected chi connectivity index (χ4v) is 3.93. The summed E-state index contributed by atoms with van der Waals surface area (Å²) in [5, 5.41) is 15.0. The van der Waals surface area contributed by atoms with E-state index >= 15 is 0 Å². The first kappa shape index (κ1) is 17.5. The minimum atomic E-state index is 0.442. The Morgan fingerprint density at radius 1 is 0.963 bits per heavy atom. The van der Waals surface area contributed by atoms with Gasteiger partial charge in [0.05, 0.1) is 11.6 Å². The van der Waals surface area contributed by atoms with Gasteiger partial charge in [0.1, 0.15) is 0 Å². The first-order valence-electron chi connectivity index (χ1n) is 9.62. The first-order chi connectivity index (χ1) is 13.1. The number of hydrogen-bond donors (Lipinski definition) is 1. The number of nitrogens with zero attached hydrogens (tertiary/aromatic N) is 1. The predicted octanol–water partition coefficient (Wildman–Crippen LogP) is 5.72. The smallest absolute Gasteiger partial charge is 0.0991 e. The summed E-state index contributed by atoms with van der Waals surface area (Å²) >= 11 is 0. The molecule has 1 N–H and O–H groups in total. The van der Waals surface area contributed by atoms with Crippen molar-refractivity contribution in [3.63, 3.8) is 0 Å². The van der Waals surface area contributed by atoms with Crippen molar-refractivity contribution in [3.05, 3.63) is 82.4 Å². The zero-order valence-electron chi connectivity index (χ0n) is 15.9. The van der Waals surface area contributed by atoms with Gasteiger partial charge in [-0.1, -0.05) is 56.3 Å². The molecule has 0 aliphatic carbocycles. The van der Waals surface area contributed by atoms with E-state index in [-0.39, 0.29) is 0 Å². The van der Waals surface area contributed by atoms with Gasteiger partial charge in [-0.05, 0) is 76.2 Å². The third-order valence-corrected chi connectivity index (χ3v) is 5.39. The van der Waals surface area contributed by atoms with Crippen molar-refractivity contribution in [1.82, 2.24) is 5.32 Å². The number of nitriles is 1. The lowest BCUT2D eigenvalue weighted by Crippen LogP contribution is -2.33. The molecule has 0 bridgehead atoms. The molecule has 2 heteroatoms. The van der Waals surface area contributed by atoms with Crippen LogP contribution in [0, 0.1) is 17.2 Å². The lowest BCUT2D eigenvalue weighted by atomic mass is 9.87. The van der Waals surface area contributed by atoms with Gasteiger partial charge in [-0.15, -0.1) is 0 Å². The lowest BCUT2D eigenvalue weighted by Gasteiger charge is -2.30. The molecule has 3 aromatic carbocycles. The van der Waals surface area contributed by atoms with Crippen LogP contribution in [0.1, 0.15) is 47.7 Å². The summed E-state index contributed by atoms with van der Waals surface area (Å²) in [6.45, 7) is 5.62. The van der Waals surface area contributed by atoms with E-state index in [1.54, 1.807) is 0 Å². The van der Waals surface area contributed by atoms with Crippen LogP contribution in [0.4, 0.5) is 0 Å². The molecule has 0 radical (unpaired) electrons. The molecule has 3 aromatic rings. The van der Waals surface area contributed by atoms with Gasteiger partial charge in [-0.3, -0.25) is 0 Å². The molecule has 0 aromatic heterocycles. The zero-order valence-corrected chi connectivity index (χ0v) is 15.9. The van der Waals surface area contributed by atoms with Crippen LogP contribution in [0.2, 0.25) is 0 Å². The van der Waals surface area contributed by atoms with Crippen LogP contribution in [-0.2, 0) is 6.42 Å². The number of fused-ring (bicyclic) bond motifs is 2. The molecule has 1 atom stereocenters. The Hall–Kier alpha value is -2.89. The van der Waals surface area contributed by atoms with Crippen molar-refractivity contribution in [1.29, 1.82) is 5.26 Å². The van der Waals surface area contributed by atoms with Gasteiger partial charge in [-0.25, -0.2) is 0 Å². The highest BCUT2D eigenvalue weighted by molar-refractivity contribution is 5.87. The van der Waals surface area contributed by atoms with E-state index in [0.717, 1.165) is 23.7 Å². The normalized spacial score (nSPS) is 16.6. The van der Waals surface area contributed by atoms with Crippen LogP contribution in [-0.4, -0.2) is 6.54 Å². The minimum absolute atomic E-state index is 0.442. The Balaban J connectivity index is 1.62. The fourth-order valence-electron chi connectivity index (χ4n) is 3.93. The standard InChI is InChI=1S/C25H24N2/c1-17(2)25-24-15-19(5-8-21(24)11-12-27-25)4-3-18-6-9-23-14-20(16-26)7-10-22(23)13-18/h3-10,13-15,17,25,27H,11-12H2,1-2H3. The van der Waals surface area contributed by atoms with Gasteiger partial charge in [0.25, 0.3) is 0 Å². The van der Waals surface area contributed by atoms with Gasteiger partial charge in [-0.2, -0.15) is 5.26 Å². The van der Waals surface area contributed by atoms with E-state index in [4.69, 9.17) is 5.26 Å². The molecule has 1 aliphatic rings. The maximum absolute atomic E-state index is 9.03. The van der Waals surface area contributed by atoms with Crippen molar-refractivity contribution in [2.75, 3.05) is 6.54 Å². The van der Waals surface area contributed by atoms with E-state index in [0.29, 0.717) is 17.5 Å². The van der Waals surface area contributed by atoms with Crippen molar-refractivity contribution in [3.8, 4) is 6.07 Å². The first-order valence-corrected chi connectivity index (χ1v) is 9.62. The highest BCUT2D eigenvalue weighted by Gasteiger charge is 2.22. The summed E-state index contributed by atoms with van der Waals surface area (Å²) in [6, 6.07) is 21.7. The molecule has 0 amide bonds. The average molecular weight is 352 g/mol. The highest BCUT2D eigenvalue weighted by Crippen LogP contribution is 2.30. The molecule has 1 unspecified atom stereocenters. The summed E-state index contributed by atoms with van der Waals surface area (Å²) in [7, 11) is 0. The molecular weight excluding hydrogens is 328 g/mol. The van der Waals surface area contributed by atoms with Crippen molar-refractivity contribution in [2.45, 2.75) is 26.3 Å². The van der Waals surface area contributed by atoms with E-state index in [1.807, 2.05) is 18.2 Å². The van der Waals surface area contributed by atoms with Crippen LogP contribution in [0.25, 0.3) is 22.9 Å². The molecule has 1 aliphatic heterocycles. The number of hydrogen-bond acceptors (Lipinski definition) is 2. The van der Waals surface area contributed by atoms with E-state index in [2.05, 4.69) is 73.8 Å². The Bertz CT molecular complexity index is 1050.